The summed E-state index contributed by atoms with van der Waals surface area (Å²) in [5, 5.41) is 5.00. The molecule has 0 atom stereocenters. The average molecular weight is 290 g/mol. The molecule has 0 saturated carbocycles. The molecule has 0 aliphatic rings. The lowest BCUT2D eigenvalue weighted by Gasteiger charge is -2.14. The molecule has 4 nitrogen and oxygen atoms in total. The van der Waals surface area contributed by atoms with Gasteiger partial charge in [-0.1, -0.05) is 13.8 Å². The van der Waals surface area contributed by atoms with Gasteiger partial charge in [-0.3, -0.25) is 0 Å². The summed E-state index contributed by atoms with van der Waals surface area (Å²) in [7, 11) is -1.66. The SMILES string of the molecule is CCCNCc1cc(S(=O)(=O)N(C)CCC)cs1. The summed E-state index contributed by atoms with van der Waals surface area (Å²) in [5.74, 6) is 0. The van der Waals surface area contributed by atoms with Crippen LogP contribution in [0.4, 0.5) is 0 Å². The van der Waals surface area contributed by atoms with Crippen LogP contribution in [0.2, 0.25) is 0 Å². The first-order valence-electron chi connectivity index (χ1n) is 6.26. The van der Waals surface area contributed by atoms with Crippen LogP contribution in [0.25, 0.3) is 0 Å². The van der Waals surface area contributed by atoms with Crippen molar-refractivity contribution >= 4 is 21.4 Å². The third kappa shape index (κ3) is 4.05. The minimum Gasteiger partial charge on any atom is -0.312 e. The third-order valence-electron chi connectivity index (χ3n) is 2.60. The van der Waals surface area contributed by atoms with Crippen LogP contribution >= 0.6 is 11.3 Å². The highest BCUT2D eigenvalue weighted by Gasteiger charge is 2.21. The van der Waals surface area contributed by atoms with Gasteiger partial charge in [0, 0.05) is 30.4 Å². The van der Waals surface area contributed by atoms with Crippen molar-refractivity contribution in [3.05, 3.63) is 16.3 Å². The predicted octanol–water partition coefficient (Wildman–Crippen LogP) is 2.28. The average Bonchev–Trinajstić information content (AvgIpc) is 2.79. The molecule has 1 rings (SSSR count). The van der Waals surface area contributed by atoms with Crippen LogP contribution in [0.15, 0.2) is 16.3 Å². The Morgan fingerprint density at radius 3 is 2.67 bits per heavy atom. The lowest BCUT2D eigenvalue weighted by molar-refractivity contribution is 0.468. The second-order valence-electron chi connectivity index (χ2n) is 4.25. The van der Waals surface area contributed by atoms with Gasteiger partial charge < -0.3 is 5.32 Å². The summed E-state index contributed by atoms with van der Waals surface area (Å²) >= 11 is 1.49. The molecular formula is C12H22N2O2S2. The lowest BCUT2D eigenvalue weighted by atomic mass is 10.4. The predicted molar refractivity (Wildman–Crippen MR) is 76.4 cm³/mol. The minimum absolute atomic E-state index is 0.414. The molecule has 0 unspecified atom stereocenters. The van der Waals surface area contributed by atoms with E-state index < -0.39 is 10.0 Å². The van der Waals surface area contributed by atoms with E-state index in [0.29, 0.717) is 11.4 Å². The van der Waals surface area contributed by atoms with Crippen molar-refractivity contribution in [1.29, 1.82) is 0 Å². The number of hydrogen-bond donors (Lipinski definition) is 1. The Balaban J connectivity index is 2.72. The summed E-state index contributed by atoms with van der Waals surface area (Å²) in [4.78, 5) is 1.48. The van der Waals surface area contributed by atoms with Crippen molar-refractivity contribution in [3.8, 4) is 0 Å². The summed E-state index contributed by atoms with van der Waals surface area (Å²) < 4.78 is 25.8. The van der Waals surface area contributed by atoms with Crippen LogP contribution in [-0.4, -0.2) is 32.9 Å². The van der Waals surface area contributed by atoms with E-state index in [1.54, 1.807) is 18.5 Å². The topological polar surface area (TPSA) is 49.4 Å². The van der Waals surface area contributed by atoms with Gasteiger partial charge in [-0.05, 0) is 25.5 Å². The maximum Gasteiger partial charge on any atom is 0.243 e. The lowest BCUT2D eigenvalue weighted by Crippen LogP contribution is -2.27. The number of hydrogen-bond acceptors (Lipinski definition) is 4. The summed E-state index contributed by atoms with van der Waals surface area (Å²) in [6.07, 6.45) is 1.90. The van der Waals surface area contributed by atoms with Gasteiger partial charge in [-0.15, -0.1) is 11.3 Å². The van der Waals surface area contributed by atoms with E-state index in [-0.39, 0.29) is 0 Å². The Morgan fingerprint density at radius 1 is 1.33 bits per heavy atom. The summed E-state index contributed by atoms with van der Waals surface area (Å²) in [5.41, 5.74) is 0. The highest BCUT2D eigenvalue weighted by atomic mass is 32.2. The molecule has 0 bridgehead atoms. The standard InChI is InChI=1S/C12H22N2O2S2/c1-4-6-13-9-11-8-12(10-17-11)18(15,16)14(3)7-5-2/h8,10,13H,4-7,9H2,1-3H3. The van der Waals surface area contributed by atoms with Gasteiger partial charge in [0.2, 0.25) is 10.0 Å². The maximum absolute atomic E-state index is 12.2. The number of nitrogens with one attached hydrogen (secondary N) is 1. The van der Waals surface area contributed by atoms with Crippen molar-refractivity contribution in [3.63, 3.8) is 0 Å². The molecule has 0 aliphatic carbocycles. The van der Waals surface area contributed by atoms with Gasteiger partial charge in [0.05, 0.1) is 4.90 Å². The monoisotopic (exact) mass is 290 g/mol. The molecular weight excluding hydrogens is 268 g/mol. The second kappa shape index (κ2) is 7.23. The quantitative estimate of drug-likeness (QED) is 0.747. The van der Waals surface area contributed by atoms with Crippen LogP contribution in [-0.2, 0) is 16.6 Å². The van der Waals surface area contributed by atoms with Crippen molar-refractivity contribution in [2.45, 2.75) is 38.1 Å². The first kappa shape index (κ1) is 15.6. The zero-order valence-electron chi connectivity index (χ0n) is 11.3. The molecule has 1 aromatic heterocycles. The van der Waals surface area contributed by atoms with E-state index in [4.69, 9.17) is 0 Å². The summed E-state index contributed by atoms with van der Waals surface area (Å²) in [6.45, 7) is 6.33. The van der Waals surface area contributed by atoms with Gasteiger partial charge in [-0.25, -0.2) is 12.7 Å². The van der Waals surface area contributed by atoms with Gasteiger partial charge in [0.25, 0.3) is 0 Å². The first-order valence-corrected chi connectivity index (χ1v) is 8.58. The van der Waals surface area contributed by atoms with Crippen LogP contribution in [0, 0.1) is 0 Å². The molecule has 6 heteroatoms. The molecule has 104 valence electrons. The van der Waals surface area contributed by atoms with Crippen molar-refractivity contribution < 1.29 is 8.42 Å². The van der Waals surface area contributed by atoms with Crippen LogP contribution in [0.5, 0.6) is 0 Å². The second-order valence-corrected chi connectivity index (χ2v) is 7.29. The fourth-order valence-electron chi connectivity index (χ4n) is 1.59. The first-order chi connectivity index (χ1) is 8.52. The zero-order valence-corrected chi connectivity index (χ0v) is 12.9. The fraction of sp³-hybridized carbons (Fsp3) is 0.667. The van der Waals surface area contributed by atoms with Gasteiger partial charge >= 0.3 is 0 Å². The highest BCUT2D eigenvalue weighted by Crippen LogP contribution is 2.22. The van der Waals surface area contributed by atoms with Crippen molar-refractivity contribution in [1.82, 2.24) is 9.62 Å². The van der Waals surface area contributed by atoms with Gasteiger partial charge in [0.1, 0.15) is 0 Å². The van der Waals surface area contributed by atoms with Crippen molar-refractivity contribution in [2.75, 3.05) is 20.1 Å². The van der Waals surface area contributed by atoms with Crippen LogP contribution in [0.1, 0.15) is 31.6 Å². The molecule has 0 radical (unpaired) electrons. The van der Waals surface area contributed by atoms with E-state index in [1.807, 2.05) is 6.92 Å². The molecule has 0 fully saturated rings. The van der Waals surface area contributed by atoms with E-state index in [0.717, 1.165) is 30.8 Å². The highest BCUT2D eigenvalue weighted by molar-refractivity contribution is 7.89. The minimum atomic E-state index is -3.29. The third-order valence-corrected chi connectivity index (χ3v) is 5.52. The molecule has 0 amide bonds. The smallest absolute Gasteiger partial charge is 0.243 e. The Labute approximate surface area is 114 Å². The van der Waals surface area contributed by atoms with Crippen LogP contribution < -0.4 is 5.32 Å². The number of thiophene rings is 1. The Morgan fingerprint density at radius 2 is 2.06 bits per heavy atom. The molecule has 1 N–H and O–H groups in total. The molecule has 18 heavy (non-hydrogen) atoms. The maximum atomic E-state index is 12.2. The number of sulfonamides is 1. The van der Waals surface area contributed by atoms with E-state index in [2.05, 4.69) is 12.2 Å². The van der Waals surface area contributed by atoms with Gasteiger partial charge in [0.15, 0.2) is 0 Å². The fourth-order valence-corrected chi connectivity index (χ4v) is 4.09. The molecule has 0 aliphatic heterocycles. The Bertz CT molecular complexity index is 454. The Hall–Kier alpha value is -0.430. The number of rotatable bonds is 8. The Kier molecular flexibility index (Phi) is 6.28. The normalized spacial score (nSPS) is 12.2. The van der Waals surface area contributed by atoms with E-state index >= 15 is 0 Å². The van der Waals surface area contributed by atoms with E-state index in [1.165, 1.54) is 15.6 Å². The van der Waals surface area contributed by atoms with Crippen LogP contribution in [0.3, 0.4) is 0 Å². The molecule has 0 aromatic carbocycles. The van der Waals surface area contributed by atoms with Gasteiger partial charge in [-0.2, -0.15) is 0 Å². The molecule has 1 aromatic rings. The molecule has 0 spiro atoms. The number of nitrogens with zero attached hydrogens (tertiary/aromatic N) is 1. The molecule has 0 saturated heterocycles. The molecule has 1 heterocycles. The van der Waals surface area contributed by atoms with E-state index in [9.17, 15) is 8.42 Å². The van der Waals surface area contributed by atoms with Crippen molar-refractivity contribution in [2.24, 2.45) is 0 Å². The zero-order chi connectivity index (χ0) is 13.6. The summed E-state index contributed by atoms with van der Waals surface area (Å²) in [6, 6.07) is 1.77. The largest absolute Gasteiger partial charge is 0.312 e.